The average molecular weight is 347 g/mol. The molecular formula is C17H22O2Y. The SMILES string of the molecule is CCc1ccc(O)c(C)c1.Cc1ccc(C)c(O)c1.[Y]. The second kappa shape index (κ2) is 9.15. The summed E-state index contributed by atoms with van der Waals surface area (Å²) >= 11 is 0. The molecule has 0 heterocycles. The summed E-state index contributed by atoms with van der Waals surface area (Å²) in [6, 6.07) is 11.3. The fraction of sp³-hybridized carbons (Fsp3) is 0.294. The summed E-state index contributed by atoms with van der Waals surface area (Å²) in [5, 5.41) is 18.2. The van der Waals surface area contributed by atoms with Crippen LogP contribution >= 0.6 is 0 Å². The number of phenolic OH excluding ortho intramolecular Hbond substituents is 2. The van der Waals surface area contributed by atoms with E-state index < -0.39 is 0 Å². The van der Waals surface area contributed by atoms with Crippen molar-refractivity contribution in [2.45, 2.75) is 34.1 Å². The van der Waals surface area contributed by atoms with E-state index in [2.05, 4.69) is 6.92 Å². The maximum atomic E-state index is 9.14. The van der Waals surface area contributed by atoms with Crippen molar-refractivity contribution in [1.82, 2.24) is 0 Å². The van der Waals surface area contributed by atoms with Gasteiger partial charge in [0.1, 0.15) is 11.5 Å². The van der Waals surface area contributed by atoms with Gasteiger partial charge in [-0.2, -0.15) is 0 Å². The topological polar surface area (TPSA) is 40.5 Å². The maximum Gasteiger partial charge on any atom is 0.118 e. The Labute approximate surface area is 146 Å². The van der Waals surface area contributed by atoms with E-state index in [1.54, 1.807) is 12.1 Å². The normalized spacial score (nSPS) is 9.20. The number of aryl methyl sites for hydroxylation is 4. The Morgan fingerprint density at radius 1 is 0.800 bits per heavy atom. The Hall–Kier alpha value is -0.856. The van der Waals surface area contributed by atoms with Gasteiger partial charge in [0.2, 0.25) is 0 Å². The third-order valence-electron chi connectivity index (χ3n) is 3.03. The Balaban J connectivity index is 0.000000345. The molecule has 2 nitrogen and oxygen atoms in total. The zero-order valence-corrected chi connectivity index (χ0v) is 15.5. The number of aromatic hydroxyl groups is 2. The molecule has 0 bridgehead atoms. The molecule has 3 heteroatoms. The van der Waals surface area contributed by atoms with Gasteiger partial charge in [0.05, 0.1) is 0 Å². The van der Waals surface area contributed by atoms with Crippen molar-refractivity contribution in [2.24, 2.45) is 0 Å². The molecule has 2 aromatic carbocycles. The molecule has 0 fully saturated rings. The van der Waals surface area contributed by atoms with Crippen LogP contribution in [0.25, 0.3) is 0 Å². The zero-order valence-electron chi connectivity index (χ0n) is 12.6. The first-order valence-electron chi connectivity index (χ1n) is 6.48. The smallest absolute Gasteiger partial charge is 0.118 e. The molecule has 2 N–H and O–H groups in total. The van der Waals surface area contributed by atoms with Crippen LogP contribution in [0.3, 0.4) is 0 Å². The standard InChI is InChI=1S/C9H12O.C8H10O.Y/c1-3-8-4-5-9(10)7(2)6-8;1-6-3-4-7(2)8(9)5-6;/h4-6,10H,3H2,1-2H3;3-5,9H,1-2H3;. The molecule has 0 unspecified atom stereocenters. The van der Waals surface area contributed by atoms with Gasteiger partial charge in [0, 0.05) is 32.7 Å². The van der Waals surface area contributed by atoms with Gasteiger partial charge >= 0.3 is 0 Å². The molecule has 1 radical (unpaired) electrons. The minimum absolute atomic E-state index is 0. The third kappa shape index (κ3) is 6.06. The molecule has 2 aromatic rings. The fourth-order valence-electron chi connectivity index (χ4n) is 1.66. The number of benzene rings is 2. The molecule has 20 heavy (non-hydrogen) atoms. The van der Waals surface area contributed by atoms with Gasteiger partial charge in [-0.3, -0.25) is 0 Å². The zero-order chi connectivity index (χ0) is 14.4. The molecule has 0 aromatic heterocycles. The van der Waals surface area contributed by atoms with Gasteiger partial charge in [0.25, 0.3) is 0 Å². The monoisotopic (exact) mass is 347 g/mol. The Morgan fingerprint density at radius 3 is 1.90 bits per heavy atom. The van der Waals surface area contributed by atoms with Gasteiger partial charge in [-0.1, -0.05) is 31.2 Å². The van der Waals surface area contributed by atoms with Crippen LogP contribution in [0.2, 0.25) is 0 Å². The maximum absolute atomic E-state index is 9.14. The Bertz CT molecular complexity index is 551. The Morgan fingerprint density at radius 2 is 1.45 bits per heavy atom. The molecular weight excluding hydrogens is 325 g/mol. The first-order valence-corrected chi connectivity index (χ1v) is 6.48. The third-order valence-corrected chi connectivity index (χ3v) is 3.03. The molecule has 0 saturated carbocycles. The van der Waals surface area contributed by atoms with Gasteiger partial charge in [0.15, 0.2) is 0 Å². The summed E-state index contributed by atoms with van der Waals surface area (Å²) in [4.78, 5) is 0. The predicted molar refractivity (Wildman–Crippen MR) is 79.8 cm³/mol. The molecule has 0 spiro atoms. The number of rotatable bonds is 1. The van der Waals surface area contributed by atoms with Crippen LogP contribution in [-0.2, 0) is 39.1 Å². The minimum Gasteiger partial charge on any atom is -0.508 e. The molecule has 105 valence electrons. The average Bonchev–Trinajstić information content (AvgIpc) is 2.38. The van der Waals surface area contributed by atoms with Crippen molar-refractivity contribution in [1.29, 1.82) is 0 Å². The first kappa shape index (κ1) is 19.1. The predicted octanol–water partition coefficient (Wildman–Crippen LogP) is 4.27. The van der Waals surface area contributed by atoms with E-state index in [1.807, 2.05) is 45.0 Å². The van der Waals surface area contributed by atoms with Gasteiger partial charge in [-0.05, 0) is 61.6 Å². The summed E-state index contributed by atoms with van der Waals surface area (Å²) in [6.45, 7) is 7.86. The van der Waals surface area contributed by atoms with Crippen LogP contribution in [0.15, 0.2) is 36.4 Å². The van der Waals surface area contributed by atoms with Crippen LogP contribution in [0.4, 0.5) is 0 Å². The summed E-state index contributed by atoms with van der Waals surface area (Å²) < 4.78 is 0. The summed E-state index contributed by atoms with van der Waals surface area (Å²) in [6.07, 6.45) is 1.03. The van der Waals surface area contributed by atoms with Crippen molar-refractivity contribution in [3.8, 4) is 11.5 Å². The van der Waals surface area contributed by atoms with Crippen LogP contribution in [0, 0.1) is 20.8 Å². The van der Waals surface area contributed by atoms with Crippen molar-refractivity contribution in [3.63, 3.8) is 0 Å². The van der Waals surface area contributed by atoms with Crippen molar-refractivity contribution < 1.29 is 42.9 Å². The molecule has 0 saturated heterocycles. The van der Waals surface area contributed by atoms with E-state index >= 15 is 0 Å². The first-order chi connectivity index (χ1) is 8.93. The van der Waals surface area contributed by atoms with Gasteiger partial charge in [-0.15, -0.1) is 0 Å². The van der Waals surface area contributed by atoms with E-state index in [4.69, 9.17) is 10.2 Å². The number of hydrogen-bond donors (Lipinski definition) is 2. The molecule has 0 atom stereocenters. The van der Waals surface area contributed by atoms with Crippen LogP contribution in [0.5, 0.6) is 11.5 Å². The van der Waals surface area contributed by atoms with Crippen LogP contribution in [-0.4, -0.2) is 10.2 Å². The molecule has 0 aliphatic rings. The van der Waals surface area contributed by atoms with Gasteiger partial charge < -0.3 is 10.2 Å². The van der Waals surface area contributed by atoms with Crippen LogP contribution < -0.4 is 0 Å². The second-order valence-electron chi connectivity index (χ2n) is 4.76. The number of phenols is 2. The molecule has 0 aliphatic carbocycles. The summed E-state index contributed by atoms with van der Waals surface area (Å²) in [5.41, 5.74) is 4.26. The van der Waals surface area contributed by atoms with E-state index in [9.17, 15) is 0 Å². The largest absolute Gasteiger partial charge is 0.508 e. The molecule has 2 rings (SSSR count). The Kier molecular flexibility index (Phi) is 8.76. The second-order valence-corrected chi connectivity index (χ2v) is 4.76. The van der Waals surface area contributed by atoms with Crippen molar-refractivity contribution in [3.05, 3.63) is 58.7 Å². The van der Waals surface area contributed by atoms with Crippen LogP contribution in [0.1, 0.15) is 29.2 Å². The fourth-order valence-corrected chi connectivity index (χ4v) is 1.66. The van der Waals surface area contributed by atoms with E-state index in [0.717, 1.165) is 23.1 Å². The summed E-state index contributed by atoms with van der Waals surface area (Å²) in [5.74, 6) is 0.771. The van der Waals surface area contributed by atoms with E-state index in [-0.39, 0.29) is 32.7 Å². The summed E-state index contributed by atoms with van der Waals surface area (Å²) in [7, 11) is 0. The number of hydrogen-bond acceptors (Lipinski definition) is 2. The molecule has 0 aliphatic heterocycles. The van der Waals surface area contributed by atoms with Crippen molar-refractivity contribution >= 4 is 0 Å². The van der Waals surface area contributed by atoms with Gasteiger partial charge in [-0.25, -0.2) is 0 Å². The molecule has 0 amide bonds. The van der Waals surface area contributed by atoms with E-state index in [0.29, 0.717) is 11.5 Å². The quantitative estimate of drug-likeness (QED) is 0.809. The van der Waals surface area contributed by atoms with E-state index in [1.165, 1.54) is 5.56 Å². The minimum atomic E-state index is 0. The van der Waals surface area contributed by atoms with Crippen molar-refractivity contribution in [2.75, 3.05) is 0 Å².